The minimum Gasteiger partial charge on any atom is -0.481 e. The molecule has 0 aromatic heterocycles. The van der Waals surface area contributed by atoms with Crippen LogP contribution in [0.15, 0.2) is 18.2 Å². The van der Waals surface area contributed by atoms with Crippen LogP contribution in [0.5, 0.6) is 0 Å². The highest BCUT2D eigenvalue weighted by Crippen LogP contribution is 2.35. The van der Waals surface area contributed by atoms with Crippen LogP contribution >= 0.6 is 23.2 Å². The first-order valence-electron chi connectivity index (χ1n) is 4.67. The maximum absolute atomic E-state index is 10.9. The molecule has 16 heavy (non-hydrogen) atoms. The summed E-state index contributed by atoms with van der Waals surface area (Å²) in [4.78, 5) is 10.9. The Morgan fingerprint density at radius 3 is 2.44 bits per heavy atom. The van der Waals surface area contributed by atoms with Gasteiger partial charge in [-0.25, -0.2) is 0 Å². The van der Waals surface area contributed by atoms with E-state index in [1.54, 1.807) is 6.07 Å². The summed E-state index contributed by atoms with van der Waals surface area (Å²) in [5.41, 5.74) is -1.18. The van der Waals surface area contributed by atoms with Gasteiger partial charge in [0.2, 0.25) is 0 Å². The van der Waals surface area contributed by atoms with Crippen molar-refractivity contribution in [3.63, 3.8) is 0 Å². The van der Waals surface area contributed by atoms with Crippen LogP contribution in [-0.4, -0.2) is 16.2 Å². The topological polar surface area (TPSA) is 57.5 Å². The van der Waals surface area contributed by atoms with Crippen LogP contribution in [0.4, 0.5) is 0 Å². The Bertz CT molecular complexity index is 416. The summed E-state index contributed by atoms with van der Waals surface area (Å²) in [7, 11) is 0. The maximum atomic E-state index is 10.9. The van der Waals surface area contributed by atoms with Gasteiger partial charge in [0.05, 0.1) is 5.92 Å². The van der Waals surface area contributed by atoms with Gasteiger partial charge in [-0.2, -0.15) is 0 Å². The minimum absolute atomic E-state index is 0.255. The summed E-state index contributed by atoms with van der Waals surface area (Å²) < 4.78 is 0. The zero-order chi connectivity index (χ0) is 12.5. The van der Waals surface area contributed by atoms with Gasteiger partial charge in [-0.3, -0.25) is 4.79 Å². The molecule has 0 aliphatic heterocycles. The fraction of sp³-hybridized carbons (Fsp3) is 0.364. The van der Waals surface area contributed by atoms with Crippen LogP contribution in [0.25, 0.3) is 0 Å². The lowest BCUT2D eigenvalue weighted by atomic mass is 9.84. The van der Waals surface area contributed by atoms with Crippen molar-refractivity contribution < 1.29 is 15.0 Å². The van der Waals surface area contributed by atoms with Crippen molar-refractivity contribution in [3.8, 4) is 0 Å². The lowest BCUT2D eigenvalue weighted by Gasteiger charge is -2.28. The van der Waals surface area contributed by atoms with Gasteiger partial charge in [-0.15, -0.1) is 0 Å². The second kappa shape index (κ2) is 4.62. The molecule has 0 radical (unpaired) electrons. The lowest BCUT2D eigenvalue weighted by Crippen LogP contribution is -2.35. The summed E-state index contributed by atoms with van der Waals surface area (Å²) in [6.45, 7) is 2.84. The maximum Gasteiger partial charge on any atom is 0.309 e. The Balaban J connectivity index is 3.21. The van der Waals surface area contributed by atoms with Crippen molar-refractivity contribution in [2.24, 2.45) is 5.92 Å². The molecule has 0 heterocycles. The number of rotatable bonds is 3. The zero-order valence-electron chi connectivity index (χ0n) is 8.87. The molecule has 1 aromatic rings. The van der Waals surface area contributed by atoms with E-state index in [9.17, 15) is 9.90 Å². The van der Waals surface area contributed by atoms with E-state index >= 15 is 0 Å². The fourth-order valence-corrected chi connectivity index (χ4v) is 1.97. The molecule has 0 saturated heterocycles. The van der Waals surface area contributed by atoms with Crippen LogP contribution < -0.4 is 0 Å². The van der Waals surface area contributed by atoms with E-state index in [4.69, 9.17) is 28.3 Å². The predicted molar refractivity (Wildman–Crippen MR) is 62.8 cm³/mol. The number of aliphatic hydroxyl groups is 1. The smallest absolute Gasteiger partial charge is 0.309 e. The normalized spacial score (nSPS) is 16.6. The molecule has 2 N–H and O–H groups in total. The Labute approximate surface area is 104 Å². The van der Waals surface area contributed by atoms with Gasteiger partial charge in [0, 0.05) is 15.6 Å². The van der Waals surface area contributed by atoms with E-state index < -0.39 is 17.5 Å². The van der Waals surface area contributed by atoms with Gasteiger partial charge >= 0.3 is 5.97 Å². The summed E-state index contributed by atoms with van der Waals surface area (Å²) in [6, 6.07) is 4.57. The van der Waals surface area contributed by atoms with Crippen LogP contribution in [0, 0.1) is 5.92 Å². The highest BCUT2D eigenvalue weighted by atomic mass is 35.5. The van der Waals surface area contributed by atoms with Crippen LogP contribution in [0.2, 0.25) is 10.0 Å². The lowest BCUT2D eigenvalue weighted by molar-refractivity contribution is -0.150. The second-order valence-corrected chi connectivity index (χ2v) is 4.68. The molecule has 0 aliphatic rings. The quantitative estimate of drug-likeness (QED) is 0.881. The van der Waals surface area contributed by atoms with Crippen molar-refractivity contribution in [2.45, 2.75) is 19.4 Å². The molecule has 3 nitrogen and oxygen atoms in total. The average molecular weight is 263 g/mol. The highest BCUT2D eigenvalue weighted by molar-refractivity contribution is 6.35. The van der Waals surface area contributed by atoms with Crippen molar-refractivity contribution >= 4 is 29.2 Å². The summed E-state index contributed by atoms with van der Waals surface area (Å²) >= 11 is 11.7. The molecule has 0 spiro atoms. The molecule has 0 aliphatic carbocycles. The van der Waals surface area contributed by atoms with Gasteiger partial charge in [-0.05, 0) is 26.0 Å². The van der Waals surface area contributed by atoms with E-state index in [1.165, 1.54) is 26.0 Å². The minimum atomic E-state index is -1.53. The molecule has 2 unspecified atom stereocenters. The number of aliphatic carboxylic acids is 1. The molecule has 1 aromatic carbocycles. The van der Waals surface area contributed by atoms with Crippen molar-refractivity contribution in [3.05, 3.63) is 33.8 Å². The Morgan fingerprint density at radius 2 is 2.00 bits per heavy atom. The number of hydrogen-bond acceptors (Lipinski definition) is 2. The van der Waals surface area contributed by atoms with E-state index in [0.29, 0.717) is 10.6 Å². The Kier molecular flexibility index (Phi) is 3.84. The van der Waals surface area contributed by atoms with Gasteiger partial charge in [0.15, 0.2) is 0 Å². The monoisotopic (exact) mass is 262 g/mol. The fourth-order valence-electron chi connectivity index (χ4n) is 1.37. The third kappa shape index (κ3) is 2.48. The number of halogens is 2. The van der Waals surface area contributed by atoms with Crippen molar-refractivity contribution in [1.29, 1.82) is 0 Å². The second-order valence-electron chi connectivity index (χ2n) is 3.83. The van der Waals surface area contributed by atoms with Crippen molar-refractivity contribution in [1.82, 2.24) is 0 Å². The Hall–Kier alpha value is -0.770. The predicted octanol–water partition coefficient (Wildman–Crippen LogP) is 2.92. The molecule has 0 bridgehead atoms. The first-order chi connectivity index (χ1) is 7.26. The van der Waals surface area contributed by atoms with Crippen molar-refractivity contribution in [2.75, 3.05) is 0 Å². The van der Waals surface area contributed by atoms with Crippen LogP contribution in [-0.2, 0) is 10.4 Å². The molecule has 0 saturated carbocycles. The number of carbonyl (C=O) groups is 1. The molecular formula is C11H12Cl2O3. The van der Waals surface area contributed by atoms with Gasteiger partial charge in [-0.1, -0.05) is 29.3 Å². The van der Waals surface area contributed by atoms with E-state index in [1.807, 2.05) is 0 Å². The number of carboxylic acid groups (broad SMARTS) is 1. The third-order valence-corrected chi connectivity index (χ3v) is 3.24. The molecular weight excluding hydrogens is 251 g/mol. The van der Waals surface area contributed by atoms with E-state index in [2.05, 4.69) is 0 Å². The Morgan fingerprint density at radius 1 is 1.44 bits per heavy atom. The number of benzene rings is 1. The summed E-state index contributed by atoms with van der Waals surface area (Å²) in [5, 5.41) is 19.8. The molecule has 1 rings (SSSR count). The SMILES string of the molecule is CC(C(=O)O)C(C)(O)c1ccc(Cl)cc1Cl. The summed E-state index contributed by atoms with van der Waals surface area (Å²) in [5.74, 6) is -2.05. The van der Waals surface area contributed by atoms with Crippen LogP contribution in [0.3, 0.4) is 0 Å². The van der Waals surface area contributed by atoms with E-state index in [0.717, 1.165) is 0 Å². The number of carboxylic acids is 1. The van der Waals surface area contributed by atoms with Gasteiger partial charge in [0.25, 0.3) is 0 Å². The third-order valence-electron chi connectivity index (χ3n) is 2.69. The molecule has 88 valence electrons. The summed E-state index contributed by atoms with van der Waals surface area (Å²) in [6.07, 6.45) is 0. The zero-order valence-corrected chi connectivity index (χ0v) is 10.4. The molecule has 0 amide bonds. The van der Waals surface area contributed by atoms with Gasteiger partial charge in [0.1, 0.15) is 5.60 Å². The molecule has 2 atom stereocenters. The highest BCUT2D eigenvalue weighted by Gasteiger charge is 2.36. The first kappa shape index (κ1) is 13.3. The average Bonchev–Trinajstić information content (AvgIpc) is 2.15. The standard InChI is InChI=1S/C11H12Cl2O3/c1-6(10(14)15)11(2,16)8-4-3-7(12)5-9(8)13/h3-6,16H,1-2H3,(H,14,15). The van der Waals surface area contributed by atoms with Crippen LogP contribution in [0.1, 0.15) is 19.4 Å². The largest absolute Gasteiger partial charge is 0.481 e. The molecule has 5 heteroatoms. The molecule has 0 fully saturated rings. The van der Waals surface area contributed by atoms with Gasteiger partial charge < -0.3 is 10.2 Å². The first-order valence-corrected chi connectivity index (χ1v) is 5.43. The number of hydrogen-bond donors (Lipinski definition) is 2. The van der Waals surface area contributed by atoms with E-state index in [-0.39, 0.29) is 5.02 Å².